The first-order valence-electron chi connectivity index (χ1n) is 6.46. The van der Waals surface area contributed by atoms with Gasteiger partial charge in [0.15, 0.2) is 0 Å². The number of rotatable bonds is 4. The maximum atomic E-state index is 5.22. The molecule has 0 radical (unpaired) electrons. The monoisotopic (exact) mass is 305 g/mol. The molecule has 1 aliphatic rings. The maximum Gasteiger partial charge on any atom is 0.147 e. The molecule has 1 heterocycles. The summed E-state index contributed by atoms with van der Waals surface area (Å²) in [5.74, 6) is 1.77. The average molecular weight is 306 g/mol. The van der Waals surface area contributed by atoms with Crippen LogP contribution in [0.25, 0.3) is 11.3 Å². The second-order valence-electron chi connectivity index (χ2n) is 5.01. The number of benzene rings is 1. The summed E-state index contributed by atoms with van der Waals surface area (Å²) in [6, 6.07) is 10.7. The van der Waals surface area contributed by atoms with E-state index in [1.807, 2.05) is 6.07 Å². The summed E-state index contributed by atoms with van der Waals surface area (Å²) in [4.78, 5) is 0. The van der Waals surface area contributed by atoms with Crippen molar-refractivity contribution < 1.29 is 4.52 Å². The molecule has 0 bridgehead atoms. The molecular weight excluding hydrogens is 290 g/mol. The van der Waals surface area contributed by atoms with Crippen molar-refractivity contribution in [3.05, 3.63) is 41.7 Å². The quantitative estimate of drug-likeness (QED) is 0.773. The van der Waals surface area contributed by atoms with E-state index < -0.39 is 0 Å². The maximum absolute atomic E-state index is 5.22. The molecule has 0 aliphatic heterocycles. The van der Waals surface area contributed by atoms with Crippen LogP contribution in [0.3, 0.4) is 0 Å². The number of aromatic nitrogens is 1. The summed E-state index contributed by atoms with van der Waals surface area (Å²) in [6.07, 6.45) is 5.39. The molecule has 2 aromatic rings. The second-order valence-corrected chi connectivity index (χ2v) is 5.57. The van der Waals surface area contributed by atoms with Gasteiger partial charge in [-0.1, -0.05) is 58.5 Å². The van der Waals surface area contributed by atoms with Crippen molar-refractivity contribution in [2.24, 2.45) is 5.92 Å². The van der Waals surface area contributed by atoms with Crippen molar-refractivity contribution in [3.63, 3.8) is 0 Å². The molecule has 94 valence electrons. The molecule has 1 fully saturated rings. The van der Waals surface area contributed by atoms with Crippen molar-refractivity contribution in [1.82, 2.24) is 5.16 Å². The Balaban J connectivity index is 1.80. The minimum atomic E-state index is 0.710. The van der Waals surface area contributed by atoms with Gasteiger partial charge in [0, 0.05) is 11.6 Å². The first-order valence-corrected chi connectivity index (χ1v) is 7.58. The van der Waals surface area contributed by atoms with Crippen LogP contribution in [-0.4, -0.2) is 5.16 Å². The zero-order chi connectivity index (χ0) is 12.4. The zero-order valence-electron chi connectivity index (χ0n) is 10.2. The molecule has 0 atom stereocenters. The predicted molar refractivity (Wildman–Crippen MR) is 75.6 cm³/mol. The minimum Gasteiger partial charge on any atom is -0.360 e. The van der Waals surface area contributed by atoms with Gasteiger partial charge in [-0.2, -0.15) is 0 Å². The molecule has 2 nitrogen and oxygen atoms in total. The van der Waals surface area contributed by atoms with Crippen LogP contribution < -0.4 is 0 Å². The third-order valence-corrected chi connectivity index (χ3v) is 4.22. The third kappa shape index (κ3) is 2.51. The Labute approximate surface area is 116 Å². The summed E-state index contributed by atoms with van der Waals surface area (Å²) < 4.78 is 5.22. The molecule has 3 heteroatoms. The normalized spacial score (nSPS) is 15.6. The number of hydrogen-bond donors (Lipinski definition) is 0. The van der Waals surface area contributed by atoms with Crippen LogP contribution >= 0.6 is 15.9 Å². The Morgan fingerprint density at radius 2 is 2.17 bits per heavy atom. The largest absolute Gasteiger partial charge is 0.360 e. The highest BCUT2D eigenvalue weighted by Gasteiger charge is 2.17. The summed E-state index contributed by atoms with van der Waals surface area (Å²) in [7, 11) is 0. The summed E-state index contributed by atoms with van der Waals surface area (Å²) in [5.41, 5.74) is 3.50. The van der Waals surface area contributed by atoms with Crippen molar-refractivity contribution in [1.29, 1.82) is 0 Å². The lowest BCUT2D eigenvalue weighted by molar-refractivity contribution is 0.314. The first kappa shape index (κ1) is 12.0. The van der Waals surface area contributed by atoms with Gasteiger partial charge in [-0.05, 0) is 24.0 Å². The van der Waals surface area contributed by atoms with E-state index in [9.17, 15) is 0 Å². The van der Waals surface area contributed by atoms with E-state index in [1.165, 1.54) is 31.2 Å². The van der Waals surface area contributed by atoms with Gasteiger partial charge in [0.2, 0.25) is 0 Å². The summed E-state index contributed by atoms with van der Waals surface area (Å²) in [5, 5.41) is 4.82. The molecule has 18 heavy (non-hydrogen) atoms. The van der Waals surface area contributed by atoms with Gasteiger partial charge in [-0.25, -0.2) is 0 Å². The van der Waals surface area contributed by atoms with Gasteiger partial charge >= 0.3 is 0 Å². The number of nitrogens with zero attached hydrogens (tertiary/aromatic N) is 1. The Morgan fingerprint density at radius 3 is 2.83 bits per heavy atom. The zero-order valence-corrected chi connectivity index (χ0v) is 11.8. The van der Waals surface area contributed by atoms with E-state index in [2.05, 4.69) is 45.4 Å². The number of halogens is 1. The van der Waals surface area contributed by atoms with Crippen LogP contribution in [0.1, 0.15) is 30.6 Å². The average Bonchev–Trinajstić information content (AvgIpc) is 2.83. The van der Waals surface area contributed by atoms with E-state index in [0.29, 0.717) is 5.33 Å². The fraction of sp³-hybridized carbons (Fsp3) is 0.400. The molecule has 0 saturated heterocycles. The second kappa shape index (κ2) is 5.27. The molecule has 0 unspecified atom stereocenters. The van der Waals surface area contributed by atoms with Gasteiger partial charge < -0.3 is 4.52 Å². The highest BCUT2D eigenvalue weighted by atomic mass is 79.9. The number of hydrogen-bond acceptors (Lipinski definition) is 2. The molecule has 0 amide bonds. The molecule has 1 aliphatic carbocycles. The Morgan fingerprint density at radius 1 is 1.28 bits per heavy atom. The minimum absolute atomic E-state index is 0.710. The molecule has 0 spiro atoms. The standard InChI is InChI=1S/C15H16BrNO/c16-10-14-9-15(17-18-14)13-6-2-5-12(8-13)7-11-3-1-4-11/h2,5-6,8-9,11H,1,3-4,7,10H2. The van der Waals surface area contributed by atoms with Crippen LogP contribution in [0.2, 0.25) is 0 Å². The van der Waals surface area contributed by atoms with Crippen LogP contribution in [0.4, 0.5) is 0 Å². The van der Waals surface area contributed by atoms with Gasteiger partial charge in [-0.3, -0.25) is 0 Å². The lowest BCUT2D eigenvalue weighted by Gasteiger charge is -2.25. The van der Waals surface area contributed by atoms with Crippen LogP contribution in [0.5, 0.6) is 0 Å². The fourth-order valence-corrected chi connectivity index (χ4v) is 2.66. The van der Waals surface area contributed by atoms with Crippen molar-refractivity contribution in [3.8, 4) is 11.3 Å². The van der Waals surface area contributed by atoms with E-state index >= 15 is 0 Å². The van der Waals surface area contributed by atoms with Crippen molar-refractivity contribution in [2.45, 2.75) is 31.0 Å². The topological polar surface area (TPSA) is 26.0 Å². The van der Waals surface area contributed by atoms with Gasteiger partial charge in [-0.15, -0.1) is 0 Å². The van der Waals surface area contributed by atoms with Crippen molar-refractivity contribution in [2.75, 3.05) is 0 Å². The van der Waals surface area contributed by atoms with Gasteiger partial charge in [0.05, 0.1) is 5.33 Å². The fourth-order valence-electron chi connectivity index (χ4n) is 2.40. The molecule has 1 aromatic heterocycles. The smallest absolute Gasteiger partial charge is 0.147 e. The molecule has 1 aromatic carbocycles. The first-order chi connectivity index (χ1) is 8.85. The molecule has 0 N–H and O–H groups in total. The van der Waals surface area contributed by atoms with E-state index in [-0.39, 0.29) is 0 Å². The molecule has 1 saturated carbocycles. The van der Waals surface area contributed by atoms with E-state index in [0.717, 1.165) is 22.9 Å². The lowest BCUT2D eigenvalue weighted by Crippen LogP contribution is -2.13. The van der Waals surface area contributed by atoms with Crippen LogP contribution in [0.15, 0.2) is 34.9 Å². The summed E-state index contributed by atoms with van der Waals surface area (Å²) in [6.45, 7) is 0. The van der Waals surface area contributed by atoms with Crippen LogP contribution in [-0.2, 0) is 11.8 Å². The van der Waals surface area contributed by atoms with Crippen molar-refractivity contribution >= 4 is 15.9 Å². The predicted octanol–water partition coefficient (Wildman–Crippen LogP) is 4.58. The van der Waals surface area contributed by atoms with E-state index in [1.54, 1.807) is 0 Å². The Kier molecular flexibility index (Phi) is 3.50. The van der Waals surface area contributed by atoms with Gasteiger partial charge in [0.1, 0.15) is 11.5 Å². The van der Waals surface area contributed by atoms with E-state index in [4.69, 9.17) is 4.52 Å². The molecule has 3 rings (SSSR count). The Bertz CT molecular complexity index is 531. The highest BCUT2D eigenvalue weighted by molar-refractivity contribution is 9.08. The summed E-state index contributed by atoms with van der Waals surface area (Å²) >= 11 is 3.37. The van der Waals surface area contributed by atoms with Crippen LogP contribution in [0, 0.1) is 5.92 Å². The van der Waals surface area contributed by atoms with Gasteiger partial charge in [0.25, 0.3) is 0 Å². The highest BCUT2D eigenvalue weighted by Crippen LogP contribution is 2.31. The lowest BCUT2D eigenvalue weighted by atomic mass is 9.81. The molecular formula is C15H16BrNO. The third-order valence-electron chi connectivity index (χ3n) is 3.66. The number of alkyl halides is 1. The SMILES string of the molecule is BrCc1cc(-c2cccc(CC3CCC3)c2)no1. The Hall–Kier alpha value is -1.09.